The molecule has 11 heteroatoms. The van der Waals surface area contributed by atoms with E-state index < -0.39 is 33.8 Å². The van der Waals surface area contributed by atoms with Crippen molar-refractivity contribution in [2.75, 3.05) is 10.6 Å². The van der Waals surface area contributed by atoms with Gasteiger partial charge in [0.15, 0.2) is 11.6 Å². The first-order chi connectivity index (χ1) is 17.6. The lowest BCUT2D eigenvalue weighted by atomic mass is 9.72. The molecule has 0 saturated heterocycles. The minimum Gasteiger partial charge on any atom is -0.506 e. The second kappa shape index (κ2) is 9.73. The van der Waals surface area contributed by atoms with E-state index in [1.54, 1.807) is 45.0 Å². The van der Waals surface area contributed by atoms with Crippen LogP contribution in [0.25, 0.3) is 5.76 Å². The zero-order valence-corrected chi connectivity index (χ0v) is 22.8. The van der Waals surface area contributed by atoms with Crippen LogP contribution in [0.4, 0.5) is 16.2 Å². The number of rotatable bonds is 5. The van der Waals surface area contributed by atoms with Gasteiger partial charge in [0.2, 0.25) is 0 Å². The molecule has 1 atom stereocenters. The number of amides is 1. The molecular weight excluding hydrogens is 508 g/mol. The third-order valence-electron chi connectivity index (χ3n) is 6.28. The zero-order valence-electron chi connectivity index (χ0n) is 22.0. The van der Waals surface area contributed by atoms with Crippen LogP contribution in [0.1, 0.15) is 58.6 Å². The number of hydrogen-bond acceptors (Lipinski definition) is 9. The van der Waals surface area contributed by atoms with Crippen LogP contribution in [-0.4, -0.2) is 37.5 Å². The molecule has 7 N–H and O–H groups in total. The molecule has 1 heterocycles. The van der Waals surface area contributed by atoms with Gasteiger partial charge in [-0.25, -0.2) is 4.79 Å². The van der Waals surface area contributed by atoms with Crippen LogP contribution in [0.3, 0.4) is 0 Å². The van der Waals surface area contributed by atoms with Crippen molar-refractivity contribution in [3.05, 3.63) is 59.2 Å². The van der Waals surface area contributed by atoms with Gasteiger partial charge in [-0.3, -0.25) is 19.2 Å². The molecule has 0 fully saturated rings. The minimum absolute atomic E-state index is 0.0115. The summed E-state index contributed by atoms with van der Waals surface area (Å²) in [7, 11) is -3.83. The highest BCUT2D eigenvalue weighted by atomic mass is 32.3. The first-order valence-electron chi connectivity index (χ1n) is 12.3. The Morgan fingerprint density at radius 3 is 2.55 bits per heavy atom. The number of Topliss-reactive ketones (excluding diaryl/α,β-unsaturated/α-hetero) is 1. The van der Waals surface area contributed by atoms with E-state index in [4.69, 9.17) is 10.5 Å². The van der Waals surface area contributed by atoms with E-state index >= 15 is 0 Å². The molecule has 0 saturated carbocycles. The molecule has 1 aliphatic heterocycles. The van der Waals surface area contributed by atoms with E-state index in [-0.39, 0.29) is 39.4 Å². The molecule has 0 radical (unpaired) electrons. The van der Waals surface area contributed by atoms with Crippen LogP contribution in [0, 0.1) is 5.92 Å². The van der Waals surface area contributed by atoms with Gasteiger partial charge < -0.3 is 20.9 Å². The number of ether oxygens (including phenoxy) is 1. The highest BCUT2D eigenvalue weighted by Crippen LogP contribution is 2.56. The average Bonchev–Trinajstić information content (AvgIpc) is 2.80. The van der Waals surface area contributed by atoms with Gasteiger partial charge in [-0.2, -0.15) is 0 Å². The first kappa shape index (κ1) is 27.6. The summed E-state index contributed by atoms with van der Waals surface area (Å²) in [5.74, 6) is -0.820. The Kier molecular flexibility index (Phi) is 7.08. The summed E-state index contributed by atoms with van der Waals surface area (Å²) in [5.41, 5.74) is 5.80. The molecule has 1 aliphatic carbocycles. The SMILES string of the molecule is CC(C)CC[C@@]1(N)C(=O)C(C2=NS(O)(O)c3cc(NC(=O)OC(C)(C)C)ccc3N2)=C(O)c2ccccc21. The van der Waals surface area contributed by atoms with Gasteiger partial charge in [0.1, 0.15) is 27.4 Å². The van der Waals surface area contributed by atoms with E-state index in [2.05, 4.69) is 15.0 Å². The first-order valence-corrected chi connectivity index (χ1v) is 13.8. The number of ketones is 1. The number of carbonyl (C=O) groups is 2. The van der Waals surface area contributed by atoms with Crippen molar-refractivity contribution >= 4 is 45.6 Å². The van der Waals surface area contributed by atoms with Crippen molar-refractivity contribution in [2.24, 2.45) is 16.0 Å². The van der Waals surface area contributed by atoms with Crippen LogP contribution >= 0.6 is 10.8 Å². The third kappa shape index (κ3) is 5.28. The Morgan fingerprint density at radius 1 is 1.21 bits per heavy atom. The number of benzene rings is 2. The lowest BCUT2D eigenvalue weighted by molar-refractivity contribution is -0.120. The summed E-state index contributed by atoms with van der Waals surface area (Å²) in [6.07, 6.45) is 0.289. The van der Waals surface area contributed by atoms with Crippen LogP contribution < -0.4 is 16.4 Å². The molecule has 38 heavy (non-hydrogen) atoms. The Morgan fingerprint density at radius 2 is 1.89 bits per heavy atom. The van der Waals surface area contributed by atoms with E-state index in [1.807, 2.05) is 13.8 Å². The van der Waals surface area contributed by atoms with Crippen molar-refractivity contribution < 1.29 is 28.5 Å². The van der Waals surface area contributed by atoms with Crippen LogP contribution in [0.5, 0.6) is 0 Å². The summed E-state index contributed by atoms with van der Waals surface area (Å²) in [6.45, 7) is 9.24. The zero-order chi connectivity index (χ0) is 28.0. The van der Waals surface area contributed by atoms with Gasteiger partial charge in [-0.05, 0) is 63.3 Å². The van der Waals surface area contributed by atoms with E-state index in [0.29, 0.717) is 24.0 Å². The van der Waals surface area contributed by atoms with Gasteiger partial charge in [0, 0.05) is 11.3 Å². The summed E-state index contributed by atoms with van der Waals surface area (Å²) in [6, 6.07) is 11.3. The second-order valence-corrected chi connectivity index (χ2v) is 12.6. The third-order valence-corrected chi connectivity index (χ3v) is 7.64. The molecule has 2 aromatic rings. The Bertz CT molecular complexity index is 1360. The molecular formula is C27H34N4O6S. The van der Waals surface area contributed by atoms with Crippen LogP contribution in [0.2, 0.25) is 0 Å². The van der Waals surface area contributed by atoms with Crippen molar-refractivity contribution in [3.63, 3.8) is 0 Å². The fourth-order valence-electron chi connectivity index (χ4n) is 4.44. The van der Waals surface area contributed by atoms with Gasteiger partial charge in [-0.15, -0.1) is 4.40 Å². The van der Waals surface area contributed by atoms with E-state index in [0.717, 1.165) is 0 Å². The Labute approximate surface area is 223 Å². The van der Waals surface area contributed by atoms with Gasteiger partial charge >= 0.3 is 6.09 Å². The lowest BCUT2D eigenvalue weighted by Crippen LogP contribution is -2.50. The smallest absolute Gasteiger partial charge is 0.412 e. The number of nitrogens with one attached hydrogen (secondary N) is 2. The number of nitrogens with zero attached hydrogens (tertiary/aromatic N) is 1. The number of nitrogens with two attached hydrogens (primary N) is 1. The summed E-state index contributed by atoms with van der Waals surface area (Å²) in [4.78, 5) is 26.0. The number of aliphatic hydroxyl groups is 1. The van der Waals surface area contributed by atoms with Crippen molar-refractivity contribution in [2.45, 2.75) is 63.5 Å². The topological polar surface area (TPSA) is 166 Å². The predicted octanol–water partition coefficient (Wildman–Crippen LogP) is 6.02. The van der Waals surface area contributed by atoms with Crippen LogP contribution in [-0.2, 0) is 15.1 Å². The molecule has 1 amide bonds. The lowest BCUT2D eigenvalue weighted by Gasteiger charge is -2.39. The molecule has 10 nitrogen and oxygen atoms in total. The Hall–Kier alpha value is -3.38. The number of hydrogen-bond donors (Lipinski definition) is 6. The maximum atomic E-state index is 13.9. The molecule has 4 rings (SSSR count). The fourth-order valence-corrected chi connectivity index (χ4v) is 5.63. The van der Waals surface area contributed by atoms with E-state index in [1.165, 1.54) is 18.2 Å². The fraction of sp³-hybridized carbons (Fsp3) is 0.370. The summed E-state index contributed by atoms with van der Waals surface area (Å²) < 4.78 is 31.2. The second-order valence-electron chi connectivity index (χ2n) is 10.9. The van der Waals surface area contributed by atoms with Gasteiger partial charge in [0.05, 0.1) is 5.69 Å². The Balaban J connectivity index is 1.73. The molecule has 0 unspecified atom stereocenters. The van der Waals surface area contributed by atoms with Crippen molar-refractivity contribution in [1.29, 1.82) is 0 Å². The number of anilines is 2. The molecule has 0 spiro atoms. The molecule has 2 aliphatic rings. The quantitative estimate of drug-likeness (QED) is 0.266. The maximum absolute atomic E-state index is 13.9. The van der Waals surface area contributed by atoms with Gasteiger partial charge in [-0.1, -0.05) is 48.9 Å². The minimum atomic E-state index is -3.83. The number of aliphatic hydroxyl groups excluding tert-OH is 1. The molecule has 204 valence electrons. The molecule has 2 aromatic carbocycles. The number of fused-ring (bicyclic) bond motifs is 2. The highest BCUT2D eigenvalue weighted by molar-refractivity contribution is 8.23. The maximum Gasteiger partial charge on any atom is 0.412 e. The van der Waals surface area contributed by atoms with E-state index in [9.17, 15) is 23.8 Å². The van der Waals surface area contributed by atoms with Gasteiger partial charge in [0.25, 0.3) is 0 Å². The largest absolute Gasteiger partial charge is 0.506 e. The van der Waals surface area contributed by atoms with Crippen LogP contribution in [0.15, 0.2) is 57.3 Å². The summed E-state index contributed by atoms with van der Waals surface area (Å²) >= 11 is 0. The predicted molar refractivity (Wildman–Crippen MR) is 149 cm³/mol. The van der Waals surface area contributed by atoms with Crippen molar-refractivity contribution in [3.8, 4) is 0 Å². The monoisotopic (exact) mass is 542 g/mol. The molecule has 0 bridgehead atoms. The normalized spacial score (nSPS) is 21.2. The standard InChI is InChI=1S/C27H34N4O6S/c1-15(2)12-13-27(28)18-9-7-6-8-17(18)22(32)21(23(27)33)24-30-19-11-10-16(14-20(19)38(35,36)31-24)29-25(34)37-26(3,4)5/h6-11,14-15,32,35-36H,12-13,28H2,1-5H3,(H,29,34)(H,30,31)/t27-/m0/s1. The molecule has 0 aromatic heterocycles. The number of amidine groups is 1. The highest BCUT2D eigenvalue weighted by Gasteiger charge is 2.47. The number of carbonyl (C=O) groups excluding carboxylic acids is 2. The van der Waals surface area contributed by atoms with Crippen molar-refractivity contribution in [1.82, 2.24) is 0 Å². The summed E-state index contributed by atoms with van der Waals surface area (Å²) in [5, 5.41) is 16.7. The average molecular weight is 543 g/mol.